The summed E-state index contributed by atoms with van der Waals surface area (Å²) in [7, 11) is 0. The minimum atomic E-state index is 0.208. The van der Waals surface area contributed by atoms with Crippen molar-refractivity contribution in [1.29, 1.82) is 0 Å². The fourth-order valence-electron chi connectivity index (χ4n) is 1.23. The highest BCUT2D eigenvalue weighted by Crippen LogP contribution is 2.08. The molecule has 0 radical (unpaired) electrons. The molecule has 3 heteroatoms. The normalized spacial score (nSPS) is 13.2. The van der Waals surface area contributed by atoms with Crippen LogP contribution in [0.2, 0.25) is 0 Å². The van der Waals surface area contributed by atoms with E-state index in [2.05, 4.69) is 19.0 Å². The van der Waals surface area contributed by atoms with Gasteiger partial charge in [0.1, 0.15) is 5.76 Å². The summed E-state index contributed by atoms with van der Waals surface area (Å²) >= 11 is 0. The molecule has 0 fully saturated rings. The average Bonchev–Trinajstić information content (AvgIpc) is 2.53. The SMILES string of the molecule is CCCc1cc(CC(N)CC)no1. The Bertz CT molecular complexity index is 245. The molecule has 0 aliphatic carbocycles. The topological polar surface area (TPSA) is 52.0 Å². The van der Waals surface area contributed by atoms with Crippen molar-refractivity contribution in [2.24, 2.45) is 5.73 Å². The van der Waals surface area contributed by atoms with Gasteiger partial charge in [-0.1, -0.05) is 19.0 Å². The molecule has 0 saturated carbocycles. The summed E-state index contributed by atoms with van der Waals surface area (Å²) in [6.45, 7) is 4.21. The van der Waals surface area contributed by atoms with Crippen molar-refractivity contribution < 1.29 is 4.52 Å². The van der Waals surface area contributed by atoms with Crippen molar-refractivity contribution in [3.63, 3.8) is 0 Å². The summed E-state index contributed by atoms with van der Waals surface area (Å²) in [5, 5.41) is 3.97. The molecule has 1 aromatic rings. The van der Waals surface area contributed by atoms with E-state index in [1.54, 1.807) is 0 Å². The number of rotatable bonds is 5. The molecule has 1 unspecified atom stereocenters. The molecule has 1 atom stereocenters. The molecule has 0 bridgehead atoms. The lowest BCUT2D eigenvalue weighted by Gasteiger charge is -2.03. The maximum atomic E-state index is 5.81. The lowest BCUT2D eigenvalue weighted by Crippen LogP contribution is -2.21. The number of hydrogen-bond acceptors (Lipinski definition) is 3. The van der Waals surface area contributed by atoms with Gasteiger partial charge in [0.25, 0.3) is 0 Å². The summed E-state index contributed by atoms with van der Waals surface area (Å²) in [5.41, 5.74) is 6.79. The molecule has 1 rings (SSSR count). The summed E-state index contributed by atoms with van der Waals surface area (Å²) in [5.74, 6) is 0.973. The van der Waals surface area contributed by atoms with Crippen LogP contribution in [0.1, 0.15) is 38.1 Å². The van der Waals surface area contributed by atoms with Gasteiger partial charge in [0, 0.05) is 24.9 Å². The molecule has 1 aromatic heterocycles. The van der Waals surface area contributed by atoms with Gasteiger partial charge in [-0.25, -0.2) is 0 Å². The number of hydrogen-bond donors (Lipinski definition) is 1. The van der Waals surface area contributed by atoms with E-state index < -0.39 is 0 Å². The standard InChI is InChI=1S/C10H18N2O/c1-3-5-10-7-9(12-13-10)6-8(11)4-2/h7-8H,3-6,11H2,1-2H3. The Labute approximate surface area is 79.3 Å². The van der Waals surface area contributed by atoms with Gasteiger partial charge in [0.15, 0.2) is 0 Å². The third kappa shape index (κ3) is 3.19. The van der Waals surface area contributed by atoms with E-state index in [4.69, 9.17) is 10.3 Å². The van der Waals surface area contributed by atoms with Crippen molar-refractivity contribution in [1.82, 2.24) is 5.16 Å². The highest BCUT2D eigenvalue weighted by molar-refractivity contribution is 5.06. The maximum Gasteiger partial charge on any atom is 0.136 e. The minimum Gasteiger partial charge on any atom is -0.361 e. The number of nitrogens with two attached hydrogens (primary N) is 1. The van der Waals surface area contributed by atoms with Crippen LogP contribution in [-0.4, -0.2) is 11.2 Å². The first-order valence-electron chi connectivity index (χ1n) is 4.96. The van der Waals surface area contributed by atoms with Gasteiger partial charge in [-0.15, -0.1) is 0 Å². The van der Waals surface area contributed by atoms with Crippen molar-refractivity contribution >= 4 is 0 Å². The Morgan fingerprint density at radius 1 is 1.54 bits per heavy atom. The van der Waals surface area contributed by atoms with E-state index in [0.29, 0.717) is 0 Å². The van der Waals surface area contributed by atoms with Crippen LogP contribution in [-0.2, 0) is 12.8 Å². The predicted octanol–water partition coefficient (Wildman–Crippen LogP) is 1.91. The lowest BCUT2D eigenvalue weighted by atomic mass is 10.1. The molecule has 0 spiro atoms. The van der Waals surface area contributed by atoms with Gasteiger partial charge >= 0.3 is 0 Å². The first kappa shape index (κ1) is 10.3. The summed E-state index contributed by atoms with van der Waals surface area (Å²) in [4.78, 5) is 0. The van der Waals surface area contributed by atoms with Gasteiger partial charge < -0.3 is 10.3 Å². The monoisotopic (exact) mass is 182 g/mol. The van der Waals surface area contributed by atoms with E-state index >= 15 is 0 Å². The van der Waals surface area contributed by atoms with Crippen LogP contribution in [0, 0.1) is 0 Å². The van der Waals surface area contributed by atoms with E-state index in [-0.39, 0.29) is 6.04 Å². The Balaban J connectivity index is 2.48. The molecular formula is C10H18N2O. The van der Waals surface area contributed by atoms with Gasteiger partial charge in [0.2, 0.25) is 0 Å². The fraction of sp³-hybridized carbons (Fsp3) is 0.700. The van der Waals surface area contributed by atoms with Gasteiger partial charge in [-0.05, 0) is 12.8 Å². The molecule has 0 saturated heterocycles. The predicted molar refractivity (Wildman–Crippen MR) is 52.5 cm³/mol. The van der Waals surface area contributed by atoms with E-state index in [1.807, 2.05) is 6.07 Å². The Morgan fingerprint density at radius 3 is 2.92 bits per heavy atom. The van der Waals surface area contributed by atoms with Crippen LogP contribution in [0.4, 0.5) is 0 Å². The van der Waals surface area contributed by atoms with Crippen LogP contribution in [0.3, 0.4) is 0 Å². The molecule has 1 heterocycles. The minimum absolute atomic E-state index is 0.208. The largest absolute Gasteiger partial charge is 0.361 e. The maximum absolute atomic E-state index is 5.81. The van der Waals surface area contributed by atoms with Gasteiger partial charge in [-0.3, -0.25) is 0 Å². The highest BCUT2D eigenvalue weighted by Gasteiger charge is 2.06. The quantitative estimate of drug-likeness (QED) is 0.756. The zero-order valence-corrected chi connectivity index (χ0v) is 8.42. The first-order chi connectivity index (χ1) is 6.26. The van der Waals surface area contributed by atoms with E-state index in [9.17, 15) is 0 Å². The molecule has 0 aromatic carbocycles. The smallest absolute Gasteiger partial charge is 0.136 e. The van der Waals surface area contributed by atoms with Crippen molar-refractivity contribution in [2.45, 2.75) is 45.6 Å². The van der Waals surface area contributed by atoms with Gasteiger partial charge in [-0.2, -0.15) is 0 Å². The van der Waals surface area contributed by atoms with Crippen molar-refractivity contribution in [3.8, 4) is 0 Å². The van der Waals surface area contributed by atoms with Crippen molar-refractivity contribution in [2.75, 3.05) is 0 Å². The third-order valence-electron chi connectivity index (χ3n) is 2.10. The lowest BCUT2D eigenvalue weighted by molar-refractivity contribution is 0.374. The first-order valence-corrected chi connectivity index (χ1v) is 4.96. The fourth-order valence-corrected chi connectivity index (χ4v) is 1.23. The summed E-state index contributed by atoms with van der Waals surface area (Å²) in [6.07, 6.45) is 3.86. The second-order valence-electron chi connectivity index (χ2n) is 3.41. The van der Waals surface area contributed by atoms with E-state index in [1.165, 1.54) is 0 Å². The van der Waals surface area contributed by atoms with Crippen LogP contribution in [0.5, 0.6) is 0 Å². The van der Waals surface area contributed by atoms with Crippen LogP contribution in [0.25, 0.3) is 0 Å². The molecule has 74 valence electrons. The number of aryl methyl sites for hydroxylation is 1. The van der Waals surface area contributed by atoms with Crippen LogP contribution >= 0.6 is 0 Å². The summed E-state index contributed by atoms with van der Waals surface area (Å²) in [6, 6.07) is 2.22. The number of aromatic nitrogens is 1. The zero-order chi connectivity index (χ0) is 9.68. The molecule has 13 heavy (non-hydrogen) atoms. The highest BCUT2D eigenvalue weighted by atomic mass is 16.5. The van der Waals surface area contributed by atoms with E-state index in [0.717, 1.165) is 37.1 Å². The molecule has 2 N–H and O–H groups in total. The molecule has 3 nitrogen and oxygen atoms in total. The second kappa shape index (κ2) is 5.02. The Morgan fingerprint density at radius 2 is 2.31 bits per heavy atom. The van der Waals surface area contributed by atoms with Crippen molar-refractivity contribution in [3.05, 3.63) is 17.5 Å². The second-order valence-corrected chi connectivity index (χ2v) is 3.41. The average molecular weight is 182 g/mol. The van der Waals surface area contributed by atoms with Crippen LogP contribution < -0.4 is 5.73 Å². The van der Waals surface area contributed by atoms with Crippen LogP contribution in [0.15, 0.2) is 10.6 Å². The molecule has 0 amide bonds. The molecular weight excluding hydrogens is 164 g/mol. The number of nitrogens with zero attached hydrogens (tertiary/aromatic N) is 1. The Kier molecular flexibility index (Phi) is 3.96. The Hall–Kier alpha value is -0.830. The zero-order valence-electron chi connectivity index (χ0n) is 8.42. The summed E-state index contributed by atoms with van der Waals surface area (Å²) < 4.78 is 5.14. The molecule has 0 aliphatic heterocycles. The third-order valence-corrected chi connectivity index (χ3v) is 2.10. The molecule has 0 aliphatic rings. The van der Waals surface area contributed by atoms with Gasteiger partial charge in [0.05, 0.1) is 5.69 Å².